The van der Waals surface area contributed by atoms with Crippen molar-refractivity contribution in [1.29, 1.82) is 0 Å². The lowest BCUT2D eigenvalue weighted by atomic mass is 10.1. The number of rotatable bonds is 3. The quantitative estimate of drug-likeness (QED) is 0.736. The van der Waals surface area contributed by atoms with Gasteiger partial charge in [0.2, 0.25) is 5.91 Å². The predicted molar refractivity (Wildman–Crippen MR) is 105 cm³/mol. The molecule has 1 atom stereocenters. The van der Waals surface area contributed by atoms with Gasteiger partial charge in [-0.25, -0.2) is 4.39 Å². The Hall–Kier alpha value is -2.27. The summed E-state index contributed by atoms with van der Waals surface area (Å²) in [6, 6.07) is 15.0. The molecule has 3 aromatic rings. The molecule has 2 heterocycles. The van der Waals surface area contributed by atoms with Gasteiger partial charge in [-0.15, -0.1) is 0 Å². The monoisotopic (exact) mass is 368 g/mol. The predicted octanol–water partition coefficient (Wildman–Crippen LogP) is 4.56. The highest BCUT2D eigenvalue weighted by molar-refractivity contribution is 7.99. The number of fused-ring (bicyclic) bond motifs is 1. The van der Waals surface area contributed by atoms with Crippen LogP contribution < -0.4 is 0 Å². The van der Waals surface area contributed by atoms with Crippen LogP contribution in [-0.2, 0) is 11.2 Å². The number of carbonyl (C=O) groups is 1. The van der Waals surface area contributed by atoms with Crippen LogP contribution in [0.2, 0.25) is 0 Å². The number of carbonyl (C=O) groups excluding carboxylic acids is 1. The van der Waals surface area contributed by atoms with Crippen molar-refractivity contribution in [3.8, 4) is 0 Å². The minimum atomic E-state index is -0.149. The SMILES string of the molecule is O=C(Cc1c[nH]c2ccccc12)N1CCS[C@H](c2ccccc2F)CC1. The van der Waals surface area contributed by atoms with E-state index in [9.17, 15) is 9.18 Å². The zero-order chi connectivity index (χ0) is 17.9. The van der Waals surface area contributed by atoms with Gasteiger partial charge in [0.15, 0.2) is 0 Å². The van der Waals surface area contributed by atoms with Crippen molar-refractivity contribution in [2.75, 3.05) is 18.8 Å². The molecule has 0 bridgehead atoms. The Balaban J connectivity index is 1.44. The van der Waals surface area contributed by atoms with Crippen molar-refractivity contribution in [3.63, 3.8) is 0 Å². The van der Waals surface area contributed by atoms with E-state index in [2.05, 4.69) is 4.98 Å². The lowest BCUT2D eigenvalue weighted by Crippen LogP contribution is -2.34. The third-order valence-electron chi connectivity index (χ3n) is 4.96. The molecule has 0 unspecified atom stereocenters. The van der Waals surface area contributed by atoms with E-state index in [4.69, 9.17) is 0 Å². The van der Waals surface area contributed by atoms with Crippen molar-refractivity contribution in [2.24, 2.45) is 0 Å². The van der Waals surface area contributed by atoms with Crippen LogP contribution in [0.1, 0.15) is 22.8 Å². The first-order chi connectivity index (χ1) is 12.7. The molecule has 0 saturated carbocycles. The molecule has 2 aromatic carbocycles. The van der Waals surface area contributed by atoms with Gasteiger partial charge in [-0.1, -0.05) is 36.4 Å². The highest BCUT2D eigenvalue weighted by Gasteiger charge is 2.24. The number of halogens is 1. The number of aromatic amines is 1. The van der Waals surface area contributed by atoms with Crippen LogP contribution in [0.5, 0.6) is 0 Å². The molecule has 134 valence electrons. The van der Waals surface area contributed by atoms with Crippen molar-refractivity contribution in [3.05, 3.63) is 71.7 Å². The summed E-state index contributed by atoms with van der Waals surface area (Å²) >= 11 is 1.74. The summed E-state index contributed by atoms with van der Waals surface area (Å²) in [4.78, 5) is 18.0. The summed E-state index contributed by atoms with van der Waals surface area (Å²) in [6.07, 6.45) is 3.11. The van der Waals surface area contributed by atoms with E-state index < -0.39 is 0 Å². The van der Waals surface area contributed by atoms with Crippen molar-refractivity contribution < 1.29 is 9.18 Å². The first-order valence-corrected chi connectivity index (χ1v) is 9.96. The maximum Gasteiger partial charge on any atom is 0.227 e. The minimum absolute atomic E-state index is 0.113. The summed E-state index contributed by atoms with van der Waals surface area (Å²) in [7, 11) is 0. The molecular weight excluding hydrogens is 347 g/mol. The standard InChI is InChI=1S/C21H21FN2OS/c22-18-7-3-1-6-17(18)20-9-10-24(11-12-26-20)21(25)13-15-14-23-19-8-4-2-5-16(15)19/h1-8,14,20,23H,9-13H2/t20-/m0/s1. The number of nitrogens with one attached hydrogen (secondary N) is 1. The molecule has 0 spiro atoms. The van der Waals surface area contributed by atoms with Gasteiger partial charge in [0, 0.05) is 46.8 Å². The third kappa shape index (κ3) is 3.49. The molecule has 1 saturated heterocycles. The van der Waals surface area contributed by atoms with Gasteiger partial charge in [0.1, 0.15) is 5.82 Å². The van der Waals surface area contributed by atoms with Gasteiger partial charge in [-0.05, 0) is 24.1 Å². The van der Waals surface area contributed by atoms with Crippen LogP contribution in [0.15, 0.2) is 54.7 Å². The largest absolute Gasteiger partial charge is 0.361 e. The molecular formula is C21H21FN2OS. The Bertz CT molecular complexity index is 923. The average molecular weight is 368 g/mol. The van der Waals surface area contributed by atoms with Crippen LogP contribution in [0.3, 0.4) is 0 Å². The Morgan fingerprint density at radius 2 is 1.96 bits per heavy atom. The van der Waals surface area contributed by atoms with E-state index in [1.165, 1.54) is 6.07 Å². The van der Waals surface area contributed by atoms with E-state index in [0.29, 0.717) is 13.0 Å². The van der Waals surface area contributed by atoms with Gasteiger partial charge >= 0.3 is 0 Å². The fourth-order valence-corrected chi connectivity index (χ4v) is 4.81. The normalized spacial score (nSPS) is 18.0. The van der Waals surface area contributed by atoms with E-state index >= 15 is 0 Å². The summed E-state index contributed by atoms with van der Waals surface area (Å²) in [5.41, 5.74) is 2.85. The van der Waals surface area contributed by atoms with Crippen molar-refractivity contribution in [1.82, 2.24) is 9.88 Å². The van der Waals surface area contributed by atoms with Crippen LogP contribution in [0.25, 0.3) is 10.9 Å². The fraction of sp³-hybridized carbons (Fsp3) is 0.286. The van der Waals surface area contributed by atoms with Gasteiger partial charge in [-0.3, -0.25) is 4.79 Å². The molecule has 26 heavy (non-hydrogen) atoms. The molecule has 0 aliphatic carbocycles. The topological polar surface area (TPSA) is 36.1 Å². The molecule has 1 amide bonds. The van der Waals surface area contributed by atoms with Gasteiger partial charge in [0.25, 0.3) is 0 Å². The first-order valence-electron chi connectivity index (χ1n) is 8.91. The van der Waals surface area contributed by atoms with Gasteiger partial charge in [-0.2, -0.15) is 11.8 Å². The van der Waals surface area contributed by atoms with Crippen LogP contribution >= 0.6 is 11.8 Å². The molecule has 1 N–H and O–H groups in total. The lowest BCUT2D eigenvalue weighted by molar-refractivity contribution is -0.130. The number of benzene rings is 2. The Morgan fingerprint density at radius 3 is 2.85 bits per heavy atom. The number of thioether (sulfide) groups is 1. The number of H-pyrrole nitrogens is 1. The highest BCUT2D eigenvalue weighted by Crippen LogP contribution is 2.35. The lowest BCUT2D eigenvalue weighted by Gasteiger charge is -2.20. The number of hydrogen-bond acceptors (Lipinski definition) is 2. The summed E-state index contributed by atoms with van der Waals surface area (Å²) in [5.74, 6) is 0.826. The van der Waals surface area contributed by atoms with Crippen molar-refractivity contribution in [2.45, 2.75) is 18.1 Å². The number of para-hydroxylation sites is 1. The van der Waals surface area contributed by atoms with Crippen molar-refractivity contribution >= 4 is 28.6 Å². The molecule has 1 fully saturated rings. The fourth-order valence-electron chi connectivity index (χ4n) is 3.56. The second-order valence-electron chi connectivity index (χ2n) is 6.59. The number of amides is 1. The van der Waals surface area contributed by atoms with Crippen LogP contribution in [-0.4, -0.2) is 34.6 Å². The molecule has 0 radical (unpaired) electrons. The highest BCUT2D eigenvalue weighted by atomic mass is 32.2. The molecule has 1 aliphatic rings. The third-order valence-corrected chi connectivity index (χ3v) is 6.27. The molecule has 3 nitrogen and oxygen atoms in total. The first kappa shape index (κ1) is 17.2. The average Bonchev–Trinajstić information content (AvgIpc) is 2.90. The van der Waals surface area contributed by atoms with Crippen LogP contribution in [0.4, 0.5) is 4.39 Å². The molecule has 1 aliphatic heterocycles. The van der Waals surface area contributed by atoms with E-state index in [1.807, 2.05) is 47.5 Å². The van der Waals surface area contributed by atoms with Crippen LogP contribution in [0, 0.1) is 5.82 Å². The molecule has 1 aromatic heterocycles. The number of nitrogens with zero attached hydrogens (tertiary/aromatic N) is 1. The smallest absolute Gasteiger partial charge is 0.227 e. The maximum atomic E-state index is 14.1. The van der Waals surface area contributed by atoms with E-state index in [1.54, 1.807) is 17.8 Å². The summed E-state index contributed by atoms with van der Waals surface area (Å²) in [5, 5.41) is 1.22. The Kier molecular flexibility index (Phi) is 4.98. The maximum absolute atomic E-state index is 14.1. The molecule has 5 heteroatoms. The zero-order valence-corrected chi connectivity index (χ0v) is 15.3. The van der Waals surface area contributed by atoms with E-state index in [0.717, 1.165) is 40.7 Å². The Labute approximate surface area is 156 Å². The second kappa shape index (κ2) is 7.54. The number of hydrogen-bond donors (Lipinski definition) is 1. The molecule has 4 rings (SSSR count). The van der Waals surface area contributed by atoms with Gasteiger partial charge in [0.05, 0.1) is 6.42 Å². The number of aromatic nitrogens is 1. The van der Waals surface area contributed by atoms with E-state index in [-0.39, 0.29) is 17.0 Å². The second-order valence-corrected chi connectivity index (χ2v) is 7.90. The summed E-state index contributed by atoms with van der Waals surface area (Å²) < 4.78 is 14.1. The minimum Gasteiger partial charge on any atom is -0.361 e. The zero-order valence-electron chi connectivity index (χ0n) is 14.5. The Morgan fingerprint density at radius 1 is 1.15 bits per heavy atom. The van der Waals surface area contributed by atoms with Gasteiger partial charge < -0.3 is 9.88 Å². The summed E-state index contributed by atoms with van der Waals surface area (Å²) in [6.45, 7) is 1.39.